The van der Waals surface area contributed by atoms with E-state index in [0.29, 0.717) is 12.1 Å². The van der Waals surface area contributed by atoms with Gasteiger partial charge in [0.2, 0.25) is 6.41 Å². The van der Waals surface area contributed by atoms with Crippen LogP contribution in [0.4, 0.5) is 0 Å². The van der Waals surface area contributed by atoms with Crippen molar-refractivity contribution in [1.29, 1.82) is 0 Å². The molecule has 1 rings (SSSR count). The molecule has 1 aromatic rings. The van der Waals surface area contributed by atoms with Crippen LogP contribution < -0.4 is 11.1 Å². The second kappa shape index (κ2) is 5.86. The molecule has 0 aliphatic rings. The molecule has 0 saturated carbocycles. The molecule has 1 aromatic carbocycles. The Labute approximate surface area is 90.0 Å². The zero-order chi connectivity index (χ0) is 11.1. The SMILES string of the molecule is CC/C=C(\N)C(NC=O)c1ccccc1. The predicted molar refractivity (Wildman–Crippen MR) is 60.9 cm³/mol. The summed E-state index contributed by atoms with van der Waals surface area (Å²) in [5.74, 6) is 0. The van der Waals surface area contributed by atoms with Crippen LogP contribution in [0.3, 0.4) is 0 Å². The maximum absolute atomic E-state index is 10.5. The number of carbonyl (C=O) groups excluding carboxylic acids is 1. The molecule has 15 heavy (non-hydrogen) atoms. The van der Waals surface area contributed by atoms with Crippen LogP contribution in [0.2, 0.25) is 0 Å². The lowest BCUT2D eigenvalue weighted by Gasteiger charge is -2.16. The highest BCUT2D eigenvalue weighted by molar-refractivity contribution is 5.49. The van der Waals surface area contributed by atoms with E-state index in [4.69, 9.17) is 5.73 Å². The van der Waals surface area contributed by atoms with Crippen LogP contribution in [-0.4, -0.2) is 6.41 Å². The van der Waals surface area contributed by atoms with Crippen molar-refractivity contribution in [2.45, 2.75) is 19.4 Å². The third-order valence-corrected chi connectivity index (χ3v) is 2.14. The van der Waals surface area contributed by atoms with Gasteiger partial charge >= 0.3 is 0 Å². The lowest BCUT2D eigenvalue weighted by atomic mass is 10.0. The van der Waals surface area contributed by atoms with Crippen LogP contribution in [0.25, 0.3) is 0 Å². The smallest absolute Gasteiger partial charge is 0.207 e. The van der Waals surface area contributed by atoms with Crippen molar-refractivity contribution in [2.75, 3.05) is 0 Å². The molecule has 0 saturated heterocycles. The number of allylic oxidation sites excluding steroid dienone is 1. The molecule has 3 heteroatoms. The monoisotopic (exact) mass is 204 g/mol. The quantitative estimate of drug-likeness (QED) is 0.718. The summed E-state index contributed by atoms with van der Waals surface area (Å²) in [6.45, 7) is 2.01. The second-order valence-electron chi connectivity index (χ2n) is 3.24. The van der Waals surface area contributed by atoms with Gasteiger partial charge in [-0.3, -0.25) is 4.79 Å². The van der Waals surface area contributed by atoms with E-state index >= 15 is 0 Å². The first kappa shape index (κ1) is 11.3. The van der Waals surface area contributed by atoms with Gasteiger partial charge in [-0.1, -0.05) is 43.3 Å². The van der Waals surface area contributed by atoms with Gasteiger partial charge in [0.25, 0.3) is 0 Å². The van der Waals surface area contributed by atoms with E-state index in [2.05, 4.69) is 5.32 Å². The third-order valence-electron chi connectivity index (χ3n) is 2.14. The molecule has 0 aliphatic heterocycles. The molecule has 1 unspecified atom stereocenters. The zero-order valence-corrected chi connectivity index (χ0v) is 8.81. The minimum Gasteiger partial charge on any atom is -0.400 e. The number of carbonyl (C=O) groups is 1. The van der Waals surface area contributed by atoms with Gasteiger partial charge in [-0.15, -0.1) is 0 Å². The summed E-state index contributed by atoms with van der Waals surface area (Å²) in [5, 5.41) is 2.71. The van der Waals surface area contributed by atoms with Crippen LogP contribution in [-0.2, 0) is 4.79 Å². The highest BCUT2D eigenvalue weighted by atomic mass is 16.1. The molecule has 0 bridgehead atoms. The van der Waals surface area contributed by atoms with Crippen LogP contribution >= 0.6 is 0 Å². The molecule has 0 spiro atoms. The van der Waals surface area contributed by atoms with Crippen LogP contribution in [0.1, 0.15) is 24.9 Å². The van der Waals surface area contributed by atoms with E-state index in [-0.39, 0.29) is 6.04 Å². The molecule has 0 heterocycles. The molecular weight excluding hydrogens is 188 g/mol. The number of nitrogens with two attached hydrogens (primary N) is 1. The fraction of sp³-hybridized carbons (Fsp3) is 0.250. The zero-order valence-electron chi connectivity index (χ0n) is 8.81. The minimum atomic E-state index is -0.219. The standard InChI is InChI=1S/C12H16N2O/c1-2-6-11(13)12(14-9-15)10-7-4-3-5-8-10/h3-9,12H,2,13H2,1H3,(H,14,15)/b11-6-. The molecule has 1 atom stereocenters. The summed E-state index contributed by atoms with van der Waals surface area (Å²) in [6, 6.07) is 9.45. The van der Waals surface area contributed by atoms with E-state index in [0.717, 1.165) is 12.0 Å². The summed E-state index contributed by atoms with van der Waals surface area (Å²) in [7, 11) is 0. The van der Waals surface area contributed by atoms with Gasteiger partial charge in [-0.25, -0.2) is 0 Å². The number of amides is 1. The average Bonchev–Trinajstić information content (AvgIpc) is 2.27. The Bertz CT molecular complexity index is 333. The maximum atomic E-state index is 10.5. The molecule has 1 amide bonds. The first-order valence-electron chi connectivity index (χ1n) is 4.99. The Balaban J connectivity index is 2.92. The number of hydrogen-bond donors (Lipinski definition) is 2. The van der Waals surface area contributed by atoms with Gasteiger partial charge in [-0.05, 0) is 12.0 Å². The second-order valence-corrected chi connectivity index (χ2v) is 3.24. The van der Waals surface area contributed by atoms with Crippen molar-refractivity contribution in [2.24, 2.45) is 5.73 Å². The van der Waals surface area contributed by atoms with Gasteiger partial charge in [0.05, 0.1) is 6.04 Å². The molecule has 0 aromatic heterocycles. The molecular formula is C12H16N2O. The summed E-state index contributed by atoms with van der Waals surface area (Å²) in [4.78, 5) is 10.5. The first-order valence-corrected chi connectivity index (χ1v) is 4.99. The maximum Gasteiger partial charge on any atom is 0.207 e. The van der Waals surface area contributed by atoms with Crippen molar-refractivity contribution in [1.82, 2.24) is 5.32 Å². The number of nitrogens with one attached hydrogen (secondary N) is 1. The summed E-state index contributed by atoms with van der Waals surface area (Å²) < 4.78 is 0. The van der Waals surface area contributed by atoms with Gasteiger partial charge in [-0.2, -0.15) is 0 Å². The van der Waals surface area contributed by atoms with E-state index < -0.39 is 0 Å². The van der Waals surface area contributed by atoms with Crippen molar-refractivity contribution >= 4 is 6.41 Å². The number of hydrogen-bond acceptors (Lipinski definition) is 2. The van der Waals surface area contributed by atoms with Gasteiger partial charge in [0, 0.05) is 5.70 Å². The Morgan fingerprint density at radius 3 is 2.67 bits per heavy atom. The fourth-order valence-corrected chi connectivity index (χ4v) is 1.45. The molecule has 0 aliphatic carbocycles. The Morgan fingerprint density at radius 2 is 2.13 bits per heavy atom. The third kappa shape index (κ3) is 3.13. The van der Waals surface area contributed by atoms with Gasteiger partial charge in [0.15, 0.2) is 0 Å². The van der Waals surface area contributed by atoms with Crippen LogP contribution in [0.5, 0.6) is 0 Å². The normalized spacial score (nSPS) is 13.3. The molecule has 0 radical (unpaired) electrons. The predicted octanol–water partition coefficient (Wildman–Crippen LogP) is 1.73. The topological polar surface area (TPSA) is 55.1 Å². The summed E-state index contributed by atoms with van der Waals surface area (Å²) >= 11 is 0. The molecule has 80 valence electrons. The van der Waals surface area contributed by atoms with E-state index in [1.165, 1.54) is 0 Å². The number of benzene rings is 1. The molecule has 3 nitrogen and oxygen atoms in total. The molecule has 3 N–H and O–H groups in total. The Hall–Kier alpha value is -1.77. The van der Waals surface area contributed by atoms with Crippen molar-refractivity contribution in [3.8, 4) is 0 Å². The fourth-order valence-electron chi connectivity index (χ4n) is 1.45. The lowest BCUT2D eigenvalue weighted by Crippen LogP contribution is -2.25. The Morgan fingerprint density at radius 1 is 1.47 bits per heavy atom. The van der Waals surface area contributed by atoms with E-state index in [1.807, 2.05) is 43.3 Å². The summed E-state index contributed by atoms with van der Waals surface area (Å²) in [6.07, 6.45) is 3.44. The Kier molecular flexibility index (Phi) is 4.41. The van der Waals surface area contributed by atoms with E-state index in [9.17, 15) is 4.79 Å². The van der Waals surface area contributed by atoms with Crippen molar-refractivity contribution < 1.29 is 4.79 Å². The van der Waals surface area contributed by atoms with Gasteiger partial charge in [0.1, 0.15) is 0 Å². The van der Waals surface area contributed by atoms with Crippen molar-refractivity contribution in [3.63, 3.8) is 0 Å². The average molecular weight is 204 g/mol. The lowest BCUT2D eigenvalue weighted by molar-refractivity contribution is -0.110. The van der Waals surface area contributed by atoms with E-state index in [1.54, 1.807) is 0 Å². The molecule has 0 fully saturated rings. The largest absolute Gasteiger partial charge is 0.400 e. The summed E-state index contributed by atoms with van der Waals surface area (Å²) in [5.41, 5.74) is 7.56. The van der Waals surface area contributed by atoms with Crippen LogP contribution in [0, 0.1) is 0 Å². The van der Waals surface area contributed by atoms with Crippen LogP contribution in [0.15, 0.2) is 42.1 Å². The number of rotatable bonds is 5. The van der Waals surface area contributed by atoms with Gasteiger partial charge < -0.3 is 11.1 Å². The first-order chi connectivity index (χ1) is 7.29. The highest BCUT2D eigenvalue weighted by Gasteiger charge is 2.11. The minimum absolute atomic E-state index is 0.219. The highest BCUT2D eigenvalue weighted by Crippen LogP contribution is 2.17. The van der Waals surface area contributed by atoms with Crippen molar-refractivity contribution in [3.05, 3.63) is 47.7 Å².